The fraction of sp³-hybridized carbons (Fsp3) is 0.625. The fourth-order valence-corrected chi connectivity index (χ4v) is 0.569. The van der Waals surface area contributed by atoms with Crippen LogP contribution in [0, 0.1) is 11.3 Å². The number of carbonyl (C=O) groups excluding carboxylic acids is 1. The molecule has 0 aromatic carbocycles. The highest BCUT2D eigenvalue weighted by atomic mass is 16.4. The van der Waals surface area contributed by atoms with Gasteiger partial charge in [0, 0.05) is 20.6 Å². The number of carboxylic acids is 1. The van der Waals surface area contributed by atoms with Crippen LogP contribution in [0.5, 0.6) is 0 Å². The van der Waals surface area contributed by atoms with Crippen LogP contribution >= 0.6 is 0 Å². The molecule has 0 aromatic rings. The van der Waals surface area contributed by atoms with Crippen LogP contribution in [0.2, 0.25) is 0 Å². The summed E-state index contributed by atoms with van der Waals surface area (Å²) in [6, 6.07) is 0.854. The maximum absolute atomic E-state index is 10.3. The predicted molar refractivity (Wildman–Crippen MR) is 48.4 cm³/mol. The van der Waals surface area contributed by atoms with Gasteiger partial charge >= 0.3 is 5.97 Å². The van der Waals surface area contributed by atoms with Crippen molar-refractivity contribution in [3.8, 4) is 6.07 Å². The van der Waals surface area contributed by atoms with Crippen LogP contribution in [0.4, 0.5) is 0 Å². The topological polar surface area (TPSA) is 99.4 Å². The van der Waals surface area contributed by atoms with Gasteiger partial charge in [0.25, 0.3) is 0 Å². The lowest BCUT2D eigenvalue weighted by Crippen LogP contribution is -2.35. The van der Waals surface area contributed by atoms with Crippen molar-refractivity contribution >= 4 is 12.4 Å². The number of aliphatic carboxylic acids is 1. The van der Waals surface area contributed by atoms with Crippen molar-refractivity contribution in [2.75, 3.05) is 14.2 Å². The molecule has 1 atom stereocenters. The SMILES string of the molecule is COC.N#CCC[C@H](NC=O)C(=O)O. The second kappa shape index (κ2) is 11.4. The Labute approximate surface area is 82.5 Å². The lowest BCUT2D eigenvalue weighted by atomic mass is 10.2. The Morgan fingerprint density at radius 2 is 2.21 bits per heavy atom. The highest BCUT2D eigenvalue weighted by molar-refractivity contribution is 5.76. The lowest BCUT2D eigenvalue weighted by molar-refractivity contribution is -0.140. The van der Waals surface area contributed by atoms with Gasteiger partial charge < -0.3 is 15.2 Å². The zero-order valence-corrected chi connectivity index (χ0v) is 8.19. The van der Waals surface area contributed by atoms with Gasteiger partial charge in [-0.05, 0) is 6.42 Å². The minimum Gasteiger partial charge on any atom is -0.480 e. The average molecular weight is 202 g/mol. The van der Waals surface area contributed by atoms with E-state index in [9.17, 15) is 9.59 Å². The predicted octanol–water partition coefficient (Wildman–Crippen LogP) is -0.248. The van der Waals surface area contributed by atoms with Crippen molar-refractivity contribution in [2.24, 2.45) is 0 Å². The first-order valence-corrected chi connectivity index (χ1v) is 3.83. The van der Waals surface area contributed by atoms with Gasteiger partial charge in [-0.1, -0.05) is 0 Å². The number of hydrogen-bond donors (Lipinski definition) is 2. The van der Waals surface area contributed by atoms with Crippen LogP contribution in [-0.2, 0) is 14.3 Å². The molecular formula is C8H14N2O4. The summed E-state index contributed by atoms with van der Waals surface area (Å²) in [6.07, 6.45) is 0.582. The quantitative estimate of drug-likeness (QED) is 0.599. The van der Waals surface area contributed by atoms with E-state index >= 15 is 0 Å². The Bertz CT molecular complexity index is 200. The van der Waals surface area contributed by atoms with Gasteiger partial charge in [-0.25, -0.2) is 4.79 Å². The molecule has 0 aliphatic carbocycles. The largest absolute Gasteiger partial charge is 0.480 e. The Kier molecular flexibility index (Phi) is 12.1. The molecule has 0 saturated carbocycles. The van der Waals surface area contributed by atoms with Crippen molar-refractivity contribution in [1.82, 2.24) is 5.32 Å². The smallest absolute Gasteiger partial charge is 0.326 e. The number of nitrogens with zero attached hydrogens (tertiary/aromatic N) is 1. The molecule has 80 valence electrons. The number of carboxylic acid groups (broad SMARTS) is 1. The molecule has 14 heavy (non-hydrogen) atoms. The zero-order chi connectivity index (χ0) is 11.4. The van der Waals surface area contributed by atoms with Crippen LogP contribution in [0.25, 0.3) is 0 Å². The molecule has 0 bridgehead atoms. The molecule has 0 aliphatic heterocycles. The van der Waals surface area contributed by atoms with Crippen molar-refractivity contribution in [3.05, 3.63) is 0 Å². The van der Waals surface area contributed by atoms with Gasteiger partial charge in [-0.15, -0.1) is 0 Å². The number of carbonyl (C=O) groups is 2. The van der Waals surface area contributed by atoms with Crippen LogP contribution in [0.3, 0.4) is 0 Å². The Morgan fingerprint density at radius 3 is 2.50 bits per heavy atom. The second-order valence-electron chi connectivity index (χ2n) is 2.28. The molecule has 0 fully saturated rings. The minimum absolute atomic E-state index is 0.123. The van der Waals surface area contributed by atoms with Crippen LogP contribution in [-0.4, -0.2) is 37.7 Å². The molecular weight excluding hydrogens is 188 g/mol. The van der Waals surface area contributed by atoms with Gasteiger partial charge in [-0.3, -0.25) is 4.79 Å². The number of amides is 1. The van der Waals surface area contributed by atoms with E-state index in [1.54, 1.807) is 20.3 Å². The third-order valence-corrected chi connectivity index (χ3v) is 1.11. The molecule has 6 heteroatoms. The van der Waals surface area contributed by atoms with Crippen LogP contribution < -0.4 is 5.32 Å². The first kappa shape index (κ1) is 14.9. The van der Waals surface area contributed by atoms with Crippen molar-refractivity contribution in [3.63, 3.8) is 0 Å². The number of nitrogens with one attached hydrogen (secondary N) is 1. The van der Waals surface area contributed by atoms with E-state index in [2.05, 4.69) is 10.1 Å². The molecule has 0 aromatic heterocycles. The molecule has 0 heterocycles. The zero-order valence-electron chi connectivity index (χ0n) is 8.19. The molecule has 0 unspecified atom stereocenters. The Hall–Kier alpha value is -1.61. The van der Waals surface area contributed by atoms with E-state index in [-0.39, 0.29) is 12.8 Å². The van der Waals surface area contributed by atoms with Crippen LogP contribution in [0.1, 0.15) is 12.8 Å². The first-order valence-electron chi connectivity index (χ1n) is 3.83. The fourth-order valence-electron chi connectivity index (χ4n) is 0.569. The van der Waals surface area contributed by atoms with Crippen LogP contribution in [0.15, 0.2) is 0 Å². The van der Waals surface area contributed by atoms with E-state index in [4.69, 9.17) is 10.4 Å². The molecule has 0 spiro atoms. The number of rotatable bonds is 5. The van der Waals surface area contributed by atoms with Gasteiger partial charge in [-0.2, -0.15) is 5.26 Å². The molecule has 0 aliphatic rings. The summed E-state index contributed by atoms with van der Waals surface area (Å²) in [5.74, 6) is -1.12. The van der Waals surface area contributed by atoms with E-state index in [0.717, 1.165) is 0 Å². The summed E-state index contributed by atoms with van der Waals surface area (Å²) < 4.78 is 4.25. The standard InChI is InChI=1S/C6H8N2O3.C2H6O/c7-3-1-2-5(6(10)11)8-4-9;1-3-2/h4-5H,1-2H2,(H,8,9)(H,10,11);1-2H3/t5-;/m0./s1. The molecule has 1 amide bonds. The van der Waals surface area contributed by atoms with Crippen molar-refractivity contribution in [1.29, 1.82) is 5.26 Å². The Balaban J connectivity index is 0. The number of ether oxygens (including phenoxy) is 1. The van der Waals surface area contributed by atoms with Gasteiger partial charge in [0.1, 0.15) is 6.04 Å². The molecule has 6 nitrogen and oxygen atoms in total. The number of methoxy groups -OCH3 is 1. The summed E-state index contributed by atoms with van der Waals surface area (Å²) >= 11 is 0. The van der Waals surface area contributed by atoms with Crippen molar-refractivity contribution in [2.45, 2.75) is 18.9 Å². The van der Waals surface area contributed by atoms with E-state index < -0.39 is 12.0 Å². The van der Waals surface area contributed by atoms with E-state index in [0.29, 0.717) is 6.41 Å². The normalized spacial score (nSPS) is 10.1. The maximum Gasteiger partial charge on any atom is 0.326 e. The molecule has 0 rings (SSSR count). The highest BCUT2D eigenvalue weighted by Gasteiger charge is 2.14. The number of nitriles is 1. The highest BCUT2D eigenvalue weighted by Crippen LogP contribution is 1.94. The van der Waals surface area contributed by atoms with E-state index in [1.165, 1.54) is 0 Å². The molecule has 0 radical (unpaired) electrons. The molecule has 0 saturated heterocycles. The summed E-state index contributed by atoms with van der Waals surface area (Å²) in [5.41, 5.74) is 0. The minimum atomic E-state index is -1.12. The van der Waals surface area contributed by atoms with Gasteiger partial charge in [0.2, 0.25) is 6.41 Å². The lowest BCUT2D eigenvalue weighted by Gasteiger charge is -2.06. The van der Waals surface area contributed by atoms with Crippen molar-refractivity contribution < 1.29 is 19.4 Å². The summed E-state index contributed by atoms with van der Waals surface area (Å²) in [7, 11) is 3.25. The third kappa shape index (κ3) is 10.4. The monoisotopic (exact) mass is 202 g/mol. The average Bonchev–Trinajstić information content (AvgIpc) is 2.13. The second-order valence-corrected chi connectivity index (χ2v) is 2.28. The van der Waals surface area contributed by atoms with E-state index in [1.807, 2.05) is 0 Å². The Morgan fingerprint density at radius 1 is 1.71 bits per heavy atom. The van der Waals surface area contributed by atoms with Gasteiger partial charge in [0.05, 0.1) is 6.07 Å². The third-order valence-electron chi connectivity index (χ3n) is 1.11. The summed E-state index contributed by atoms with van der Waals surface area (Å²) in [6.45, 7) is 0. The first-order chi connectivity index (χ1) is 6.63. The number of hydrogen-bond acceptors (Lipinski definition) is 4. The van der Waals surface area contributed by atoms with Gasteiger partial charge in [0.15, 0.2) is 0 Å². The summed E-state index contributed by atoms with van der Waals surface area (Å²) in [5, 5.41) is 18.6. The summed E-state index contributed by atoms with van der Waals surface area (Å²) in [4.78, 5) is 20.1. The maximum atomic E-state index is 10.3. The molecule has 2 N–H and O–H groups in total.